The van der Waals surface area contributed by atoms with Gasteiger partial charge in [0.25, 0.3) is 0 Å². The summed E-state index contributed by atoms with van der Waals surface area (Å²) in [5.41, 5.74) is 6.97. The summed E-state index contributed by atoms with van der Waals surface area (Å²) in [5, 5.41) is 0.387. The predicted octanol–water partition coefficient (Wildman–Crippen LogP) is 1.06. The molecule has 2 heterocycles. The maximum absolute atomic E-state index is 11.1. The number of anilines is 1. The number of rotatable bonds is 2. The molecule has 0 bridgehead atoms. The van der Waals surface area contributed by atoms with E-state index in [2.05, 4.69) is 9.97 Å². The lowest BCUT2D eigenvalue weighted by Gasteiger charge is -2.18. The van der Waals surface area contributed by atoms with Crippen LogP contribution in [0.25, 0.3) is 0 Å². The molecular weight excluding hydrogens is 240 g/mol. The normalized spacial score (nSPS) is 19.7. The summed E-state index contributed by atoms with van der Waals surface area (Å²) in [6.07, 6.45) is 0.750. The largest absolute Gasteiger partial charge is 0.369 e. The average Bonchev–Trinajstić information content (AvgIpc) is 2.72. The Kier molecular flexibility index (Phi) is 3.19. The lowest BCUT2D eigenvalue weighted by Crippen LogP contribution is -2.28. The van der Waals surface area contributed by atoms with Crippen molar-refractivity contribution in [1.82, 2.24) is 9.97 Å². The van der Waals surface area contributed by atoms with Gasteiger partial charge in [0.05, 0.1) is 17.3 Å². The number of carbonyl (C=O) groups is 1. The zero-order chi connectivity index (χ0) is 12.6. The molecule has 2 rings (SSSR count). The summed E-state index contributed by atoms with van der Waals surface area (Å²) in [5.74, 6) is 0.272. The Morgan fingerprint density at radius 2 is 2.06 bits per heavy atom. The highest BCUT2D eigenvalue weighted by Crippen LogP contribution is 2.27. The van der Waals surface area contributed by atoms with Gasteiger partial charge in [-0.1, -0.05) is 11.6 Å². The Labute approximate surface area is 105 Å². The zero-order valence-corrected chi connectivity index (χ0v) is 10.7. The molecular formula is C11H15ClN4O. The number of aryl methyl sites for hydroxylation is 2. The number of nitrogens with two attached hydrogens (primary N) is 1. The van der Waals surface area contributed by atoms with E-state index in [1.54, 1.807) is 0 Å². The van der Waals surface area contributed by atoms with Crippen molar-refractivity contribution in [2.45, 2.75) is 20.3 Å². The Bertz CT molecular complexity index is 463. The maximum atomic E-state index is 11.1. The third-order valence-electron chi connectivity index (χ3n) is 3.14. The second-order valence-corrected chi connectivity index (χ2v) is 4.70. The van der Waals surface area contributed by atoms with Crippen LogP contribution in [0, 0.1) is 19.8 Å². The lowest BCUT2D eigenvalue weighted by molar-refractivity contribution is -0.121. The highest BCUT2D eigenvalue weighted by molar-refractivity contribution is 6.31. The fourth-order valence-electron chi connectivity index (χ4n) is 1.95. The van der Waals surface area contributed by atoms with Gasteiger partial charge in [-0.2, -0.15) is 0 Å². The first-order chi connectivity index (χ1) is 7.99. The van der Waals surface area contributed by atoms with Gasteiger partial charge < -0.3 is 10.6 Å². The van der Waals surface area contributed by atoms with Gasteiger partial charge in [0, 0.05) is 13.1 Å². The molecule has 0 saturated carbocycles. The molecule has 1 aromatic heterocycles. The number of hydrogen-bond donors (Lipinski definition) is 1. The summed E-state index contributed by atoms with van der Waals surface area (Å²) in [7, 11) is 0. The van der Waals surface area contributed by atoms with Gasteiger partial charge in [-0.15, -0.1) is 0 Å². The first-order valence-electron chi connectivity index (χ1n) is 5.54. The fourth-order valence-corrected chi connectivity index (χ4v) is 2.24. The van der Waals surface area contributed by atoms with E-state index in [9.17, 15) is 4.79 Å². The Morgan fingerprint density at radius 1 is 1.41 bits per heavy atom. The van der Waals surface area contributed by atoms with E-state index in [-0.39, 0.29) is 11.8 Å². The summed E-state index contributed by atoms with van der Waals surface area (Å²) in [6.45, 7) is 5.08. The summed E-state index contributed by atoms with van der Waals surface area (Å²) in [6, 6.07) is 0. The minimum Gasteiger partial charge on any atom is -0.369 e. The molecule has 1 aliphatic heterocycles. The van der Waals surface area contributed by atoms with Crippen LogP contribution < -0.4 is 10.6 Å². The molecule has 1 aliphatic rings. The monoisotopic (exact) mass is 254 g/mol. The molecule has 1 aromatic rings. The van der Waals surface area contributed by atoms with Gasteiger partial charge >= 0.3 is 0 Å². The van der Waals surface area contributed by atoms with Gasteiger partial charge in [0.2, 0.25) is 5.91 Å². The number of hydrogen-bond acceptors (Lipinski definition) is 4. The molecule has 1 amide bonds. The Morgan fingerprint density at radius 3 is 2.65 bits per heavy atom. The number of halogens is 1. The van der Waals surface area contributed by atoms with Crippen LogP contribution in [0.5, 0.6) is 0 Å². The third-order valence-corrected chi connectivity index (χ3v) is 3.39. The minimum absolute atomic E-state index is 0.116. The van der Waals surface area contributed by atoms with E-state index in [1.807, 2.05) is 18.7 Å². The van der Waals surface area contributed by atoms with Gasteiger partial charge in [-0.3, -0.25) is 4.79 Å². The van der Waals surface area contributed by atoms with Crippen molar-refractivity contribution in [2.24, 2.45) is 11.7 Å². The molecule has 1 fully saturated rings. The van der Waals surface area contributed by atoms with E-state index in [0.717, 1.165) is 24.4 Å². The van der Waals surface area contributed by atoms with E-state index < -0.39 is 0 Å². The van der Waals surface area contributed by atoms with Crippen molar-refractivity contribution in [3.05, 3.63) is 16.5 Å². The SMILES string of the molecule is Cc1nc(Cl)c(N2CCC(C(N)=O)C2)nc1C. The fraction of sp³-hybridized carbons (Fsp3) is 0.545. The molecule has 6 heteroatoms. The van der Waals surface area contributed by atoms with Gasteiger partial charge in [-0.05, 0) is 20.3 Å². The minimum atomic E-state index is -0.264. The molecule has 92 valence electrons. The van der Waals surface area contributed by atoms with Crippen LogP contribution in [0.15, 0.2) is 0 Å². The van der Waals surface area contributed by atoms with Crippen LogP contribution in [0.3, 0.4) is 0 Å². The molecule has 0 aliphatic carbocycles. The van der Waals surface area contributed by atoms with Gasteiger partial charge in [-0.25, -0.2) is 9.97 Å². The first-order valence-corrected chi connectivity index (χ1v) is 5.92. The number of primary amides is 1. The summed E-state index contributed by atoms with van der Waals surface area (Å²) in [4.78, 5) is 21.7. The van der Waals surface area contributed by atoms with E-state index >= 15 is 0 Å². The summed E-state index contributed by atoms with van der Waals surface area (Å²) >= 11 is 6.08. The summed E-state index contributed by atoms with van der Waals surface area (Å²) < 4.78 is 0. The van der Waals surface area contributed by atoms with Crippen LogP contribution >= 0.6 is 11.6 Å². The molecule has 2 N–H and O–H groups in total. The van der Waals surface area contributed by atoms with Crippen molar-refractivity contribution in [2.75, 3.05) is 18.0 Å². The van der Waals surface area contributed by atoms with Crippen molar-refractivity contribution < 1.29 is 4.79 Å². The molecule has 17 heavy (non-hydrogen) atoms. The number of amides is 1. The van der Waals surface area contributed by atoms with E-state index in [0.29, 0.717) is 17.5 Å². The van der Waals surface area contributed by atoms with Gasteiger partial charge in [0.15, 0.2) is 11.0 Å². The molecule has 5 nitrogen and oxygen atoms in total. The lowest BCUT2D eigenvalue weighted by atomic mass is 10.1. The molecule has 1 saturated heterocycles. The van der Waals surface area contributed by atoms with Crippen LogP contribution in [0.1, 0.15) is 17.8 Å². The van der Waals surface area contributed by atoms with Crippen molar-refractivity contribution in [3.8, 4) is 0 Å². The standard InChI is InChI=1S/C11H15ClN4O/c1-6-7(2)15-11(9(12)14-6)16-4-3-8(5-16)10(13)17/h8H,3-5H2,1-2H3,(H2,13,17). The van der Waals surface area contributed by atoms with E-state index in [1.165, 1.54) is 0 Å². The van der Waals surface area contributed by atoms with Crippen LogP contribution in [0.4, 0.5) is 5.82 Å². The number of nitrogens with zero attached hydrogens (tertiary/aromatic N) is 3. The quantitative estimate of drug-likeness (QED) is 0.857. The number of carbonyl (C=O) groups excluding carboxylic acids is 1. The topological polar surface area (TPSA) is 72.1 Å². The maximum Gasteiger partial charge on any atom is 0.222 e. The number of aromatic nitrogens is 2. The van der Waals surface area contributed by atoms with Crippen LogP contribution in [-0.4, -0.2) is 29.0 Å². The van der Waals surface area contributed by atoms with Crippen molar-refractivity contribution in [3.63, 3.8) is 0 Å². The average molecular weight is 255 g/mol. The van der Waals surface area contributed by atoms with Gasteiger partial charge in [0.1, 0.15) is 0 Å². The first kappa shape index (κ1) is 12.1. The molecule has 0 radical (unpaired) electrons. The second kappa shape index (κ2) is 4.49. The molecule has 0 aromatic carbocycles. The molecule has 0 spiro atoms. The smallest absolute Gasteiger partial charge is 0.222 e. The highest BCUT2D eigenvalue weighted by Gasteiger charge is 2.29. The van der Waals surface area contributed by atoms with Crippen LogP contribution in [-0.2, 0) is 4.79 Å². The van der Waals surface area contributed by atoms with Crippen molar-refractivity contribution in [1.29, 1.82) is 0 Å². The Balaban J connectivity index is 2.24. The molecule has 1 unspecified atom stereocenters. The Hall–Kier alpha value is -1.36. The van der Waals surface area contributed by atoms with Crippen molar-refractivity contribution >= 4 is 23.3 Å². The van der Waals surface area contributed by atoms with Crippen LogP contribution in [0.2, 0.25) is 5.15 Å². The zero-order valence-electron chi connectivity index (χ0n) is 9.90. The highest BCUT2D eigenvalue weighted by atomic mass is 35.5. The second-order valence-electron chi connectivity index (χ2n) is 4.34. The predicted molar refractivity (Wildman–Crippen MR) is 66.0 cm³/mol. The van der Waals surface area contributed by atoms with E-state index in [4.69, 9.17) is 17.3 Å². The third kappa shape index (κ3) is 2.34. The molecule has 1 atom stereocenters.